The molecule has 2 heterocycles. The van der Waals surface area contributed by atoms with Gasteiger partial charge in [-0.15, -0.1) is 11.3 Å². The Hall–Kier alpha value is -3.45. The molecule has 29 heavy (non-hydrogen) atoms. The predicted octanol–water partition coefficient (Wildman–Crippen LogP) is 3.65. The van der Waals surface area contributed by atoms with Crippen molar-refractivity contribution in [1.29, 1.82) is 0 Å². The Balaban J connectivity index is 1.26. The number of hydrogen-bond donors (Lipinski definition) is 2. The zero-order chi connectivity index (χ0) is 19.8. The Morgan fingerprint density at radius 3 is 2.59 bits per heavy atom. The maximum atomic E-state index is 12.4. The highest BCUT2D eigenvalue weighted by atomic mass is 32.1. The standard InChI is InChI=1S/C22H18N4O2S/c27-21(24-25-22(28)20-12-15-4-3-7-19(15)29-20)14-8-10-16(11-9-14)26-13-23-17-5-1-2-6-18(17)26/h1-2,5-6,8-13H,3-4,7H2,(H,24,27)(H,25,28). The molecule has 0 bridgehead atoms. The van der Waals surface area contributed by atoms with Crippen LogP contribution in [0.2, 0.25) is 0 Å². The van der Waals surface area contributed by atoms with Crippen molar-refractivity contribution < 1.29 is 9.59 Å². The Morgan fingerprint density at radius 2 is 1.76 bits per heavy atom. The van der Waals surface area contributed by atoms with Crippen LogP contribution in [0.3, 0.4) is 0 Å². The lowest BCUT2D eigenvalue weighted by atomic mass is 10.2. The molecule has 6 nitrogen and oxygen atoms in total. The Labute approximate surface area is 171 Å². The van der Waals surface area contributed by atoms with Crippen molar-refractivity contribution in [2.24, 2.45) is 0 Å². The molecule has 4 aromatic rings. The molecular formula is C22H18N4O2S. The number of carbonyl (C=O) groups excluding carboxylic acids is 2. The second kappa shape index (κ2) is 7.18. The zero-order valence-electron chi connectivity index (χ0n) is 15.5. The van der Waals surface area contributed by atoms with E-state index in [0.717, 1.165) is 36.0 Å². The number of para-hydroxylation sites is 2. The fourth-order valence-electron chi connectivity index (χ4n) is 3.63. The molecule has 0 unspecified atom stereocenters. The van der Waals surface area contributed by atoms with Gasteiger partial charge >= 0.3 is 0 Å². The van der Waals surface area contributed by atoms with Crippen molar-refractivity contribution in [2.75, 3.05) is 0 Å². The van der Waals surface area contributed by atoms with E-state index in [0.29, 0.717) is 10.4 Å². The van der Waals surface area contributed by atoms with Crippen molar-refractivity contribution in [3.05, 3.63) is 81.8 Å². The summed E-state index contributed by atoms with van der Waals surface area (Å²) in [6.07, 6.45) is 4.99. The Bertz CT molecular complexity index is 1200. The molecular weight excluding hydrogens is 384 g/mol. The van der Waals surface area contributed by atoms with Crippen LogP contribution in [0.5, 0.6) is 0 Å². The largest absolute Gasteiger partial charge is 0.299 e. The third-order valence-electron chi connectivity index (χ3n) is 5.12. The quantitative estimate of drug-likeness (QED) is 0.514. The van der Waals surface area contributed by atoms with Gasteiger partial charge in [-0.25, -0.2) is 4.98 Å². The molecule has 2 amide bonds. The van der Waals surface area contributed by atoms with E-state index in [1.807, 2.05) is 47.0 Å². The van der Waals surface area contributed by atoms with Crippen molar-refractivity contribution in [1.82, 2.24) is 20.4 Å². The number of fused-ring (bicyclic) bond motifs is 2. The fourth-order valence-corrected chi connectivity index (χ4v) is 4.78. The van der Waals surface area contributed by atoms with Gasteiger partial charge in [0.05, 0.1) is 15.9 Å². The molecule has 0 saturated heterocycles. The highest BCUT2D eigenvalue weighted by Crippen LogP contribution is 2.30. The molecule has 5 rings (SSSR count). The number of thiophene rings is 1. The van der Waals surface area contributed by atoms with E-state index in [-0.39, 0.29) is 11.8 Å². The van der Waals surface area contributed by atoms with E-state index in [1.165, 1.54) is 21.8 Å². The maximum Gasteiger partial charge on any atom is 0.279 e. The summed E-state index contributed by atoms with van der Waals surface area (Å²) in [5, 5.41) is 0. The van der Waals surface area contributed by atoms with Crippen molar-refractivity contribution >= 4 is 34.2 Å². The number of hydrazine groups is 1. The predicted molar refractivity (Wildman–Crippen MR) is 112 cm³/mol. The number of amides is 2. The van der Waals surface area contributed by atoms with Gasteiger partial charge in [-0.3, -0.25) is 25.0 Å². The summed E-state index contributed by atoms with van der Waals surface area (Å²) in [5.41, 5.74) is 9.55. The van der Waals surface area contributed by atoms with Gasteiger partial charge in [0.25, 0.3) is 11.8 Å². The van der Waals surface area contributed by atoms with Gasteiger partial charge in [0, 0.05) is 16.1 Å². The number of benzene rings is 2. The second-order valence-corrected chi connectivity index (χ2v) is 8.11. The van der Waals surface area contributed by atoms with Crippen LogP contribution in [0.4, 0.5) is 0 Å². The number of nitrogens with zero attached hydrogens (tertiary/aromatic N) is 2. The average molecular weight is 402 g/mol. The van der Waals surface area contributed by atoms with Crippen LogP contribution < -0.4 is 10.9 Å². The molecule has 1 aliphatic rings. The van der Waals surface area contributed by atoms with Crippen LogP contribution in [0, 0.1) is 0 Å². The molecule has 0 saturated carbocycles. The van der Waals surface area contributed by atoms with Crippen molar-refractivity contribution in [2.45, 2.75) is 19.3 Å². The van der Waals surface area contributed by atoms with Crippen molar-refractivity contribution in [3.8, 4) is 5.69 Å². The molecule has 2 aromatic heterocycles. The van der Waals surface area contributed by atoms with Crippen LogP contribution in [-0.2, 0) is 12.8 Å². The summed E-state index contributed by atoms with van der Waals surface area (Å²) >= 11 is 1.51. The highest BCUT2D eigenvalue weighted by Gasteiger charge is 2.19. The first-order valence-electron chi connectivity index (χ1n) is 9.44. The minimum absolute atomic E-state index is 0.278. The normalized spacial score (nSPS) is 12.7. The first-order chi connectivity index (χ1) is 14.2. The first kappa shape index (κ1) is 17.6. The van der Waals surface area contributed by atoms with E-state index >= 15 is 0 Å². The number of aryl methyl sites for hydroxylation is 2. The lowest BCUT2D eigenvalue weighted by Gasteiger charge is -2.08. The van der Waals surface area contributed by atoms with E-state index < -0.39 is 0 Å². The van der Waals surface area contributed by atoms with E-state index in [9.17, 15) is 9.59 Å². The molecule has 0 spiro atoms. The maximum absolute atomic E-state index is 12.4. The van der Waals surface area contributed by atoms with Gasteiger partial charge in [0.1, 0.15) is 6.33 Å². The Kier molecular flexibility index (Phi) is 4.37. The van der Waals surface area contributed by atoms with Crippen LogP contribution >= 0.6 is 11.3 Å². The van der Waals surface area contributed by atoms with Crippen LogP contribution in [-0.4, -0.2) is 21.4 Å². The molecule has 0 radical (unpaired) electrons. The van der Waals surface area contributed by atoms with Gasteiger partial charge < -0.3 is 0 Å². The first-order valence-corrected chi connectivity index (χ1v) is 10.3. The second-order valence-electron chi connectivity index (χ2n) is 6.97. The molecule has 0 fully saturated rings. The molecule has 2 N–H and O–H groups in total. The number of rotatable bonds is 3. The van der Waals surface area contributed by atoms with Crippen molar-refractivity contribution in [3.63, 3.8) is 0 Å². The minimum atomic E-state index is -0.357. The van der Waals surface area contributed by atoms with E-state index in [4.69, 9.17) is 0 Å². The SMILES string of the molecule is O=C(NNC(=O)c1cc2c(s1)CCC2)c1ccc(-n2cnc3ccccc32)cc1. The average Bonchev–Trinajstić information content (AvgIpc) is 3.46. The number of carbonyl (C=O) groups is 2. The van der Waals surface area contributed by atoms with E-state index in [2.05, 4.69) is 15.8 Å². The smallest absolute Gasteiger partial charge is 0.279 e. The third kappa shape index (κ3) is 3.30. The molecule has 2 aromatic carbocycles. The molecule has 0 aliphatic heterocycles. The Morgan fingerprint density at radius 1 is 0.966 bits per heavy atom. The van der Waals surface area contributed by atoms with Gasteiger partial charge in [0.2, 0.25) is 0 Å². The highest BCUT2D eigenvalue weighted by molar-refractivity contribution is 7.14. The number of hydrogen-bond acceptors (Lipinski definition) is 4. The van der Waals surface area contributed by atoms with Crippen LogP contribution in [0.15, 0.2) is 60.9 Å². The van der Waals surface area contributed by atoms with Gasteiger partial charge in [-0.1, -0.05) is 12.1 Å². The summed E-state index contributed by atoms with van der Waals surface area (Å²) < 4.78 is 1.97. The third-order valence-corrected chi connectivity index (χ3v) is 6.36. The van der Waals surface area contributed by atoms with Gasteiger partial charge in [-0.2, -0.15) is 0 Å². The molecule has 1 aliphatic carbocycles. The molecule has 7 heteroatoms. The zero-order valence-corrected chi connectivity index (χ0v) is 16.3. The summed E-state index contributed by atoms with van der Waals surface area (Å²) in [5.74, 6) is -0.635. The lowest BCUT2D eigenvalue weighted by molar-refractivity contribution is 0.0849. The summed E-state index contributed by atoms with van der Waals surface area (Å²) in [7, 11) is 0. The monoisotopic (exact) mass is 402 g/mol. The van der Waals surface area contributed by atoms with Gasteiger partial charge in [0.15, 0.2) is 0 Å². The topological polar surface area (TPSA) is 76.0 Å². The lowest BCUT2D eigenvalue weighted by Crippen LogP contribution is -2.41. The van der Waals surface area contributed by atoms with Crippen LogP contribution in [0.1, 0.15) is 36.9 Å². The summed E-state index contributed by atoms with van der Waals surface area (Å²) in [6, 6.07) is 17.0. The number of nitrogens with one attached hydrogen (secondary N) is 2. The molecule has 0 atom stereocenters. The minimum Gasteiger partial charge on any atom is -0.299 e. The van der Waals surface area contributed by atoms with Gasteiger partial charge in [-0.05, 0) is 67.3 Å². The molecule has 144 valence electrons. The summed E-state index contributed by atoms with van der Waals surface area (Å²) in [4.78, 5) is 31.0. The summed E-state index contributed by atoms with van der Waals surface area (Å²) in [6.45, 7) is 0. The van der Waals surface area contributed by atoms with E-state index in [1.54, 1.807) is 18.5 Å². The van der Waals surface area contributed by atoms with Crippen LogP contribution in [0.25, 0.3) is 16.7 Å². The number of aromatic nitrogens is 2. The number of imidazole rings is 1. The fraction of sp³-hybridized carbons (Fsp3) is 0.136.